The average molecular weight is 422 g/mol. The maximum atomic E-state index is 9.98. The van der Waals surface area contributed by atoms with Gasteiger partial charge in [-0.3, -0.25) is 4.79 Å². The summed E-state index contributed by atoms with van der Waals surface area (Å²) in [6, 6.07) is 0. The summed E-state index contributed by atoms with van der Waals surface area (Å²) >= 11 is 0. The van der Waals surface area contributed by atoms with E-state index >= 15 is 0 Å². The molecule has 0 heterocycles. The van der Waals surface area contributed by atoms with Gasteiger partial charge in [-0.15, -0.1) is 5.76 Å². The summed E-state index contributed by atoms with van der Waals surface area (Å²) in [6.07, 6.45) is 27.1. The molecule has 2 nitrogen and oxygen atoms in total. The molecule has 2 rings (SSSR count). The van der Waals surface area contributed by atoms with Crippen LogP contribution in [0.3, 0.4) is 0 Å². The van der Waals surface area contributed by atoms with E-state index in [9.17, 15) is 9.90 Å². The van der Waals surface area contributed by atoms with Gasteiger partial charge in [0, 0.05) is 19.5 Å². The fraction of sp³-hybridized carbons (Fsp3) is 0.667. The van der Waals surface area contributed by atoms with Crippen LogP contribution >= 0.6 is 0 Å². The molecule has 0 N–H and O–H groups in total. The van der Waals surface area contributed by atoms with Gasteiger partial charge in [-0.25, -0.2) is 0 Å². The molecular formula is C21H35O2Rh-. The van der Waals surface area contributed by atoms with E-state index in [0.29, 0.717) is 0 Å². The van der Waals surface area contributed by atoms with Crippen LogP contribution in [0, 0.1) is 0 Å². The van der Waals surface area contributed by atoms with Crippen LogP contribution in [0.2, 0.25) is 0 Å². The fourth-order valence-electron chi connectivity index (χ4n) is 2.51. The Bertz CT molecular complexity index is 324. The molecule has 0 aliphatic heterocycles. The number of hydrogen-bond donors (Lipinski definition) is 0. The van der Waals surface area contributed by atoms with Crippen LogP contribution in [0.15, 0.2) is 36.1 Å². The third kappa shape index (κ3) is 23.6. The average Bonchev–Trinajstić information content (AvgIpc) is 2.36. The largest absolute Gasteiger partial charge is 0.876 e. The Kier molecular flexibility index (Phi) is 21.7. The van der Waals surface area contributed by atoms with E-state index < -0.39 is 0 Å². The maximum absolute atomic E-state index is 9.98. The minimum Gasteiger partial charge on any atom is -0.876 e. The first-order valence-electron chi connectivity index (χ1n) is 9.29. The Morgan fingerprint density at radius 2 is 1.00 bits per heavy atom. The van der Waals surface area contributed by atoms with Crippen LogP contribution in [0.1, 0.15) is 90.9 Å². The summed E-state index contributed by atoms with van der Waals surface area (Å²) in [6.45, 7) is 2.70. The fourth-order valence-corrected chi connectivity index (χ4v) is 2.51. The molecule has 0 aromatic rings. The number of ketones is 1. The monoisotopic (exact) mass is 422 g/mol. The molecule has 0 spiro atoms. The zero-order valence-electron chi connectivity index (χ0n) is 15.5. The third-order valence-electron chi connectivity index (χ3n) is 3.72. The number of rotatable bonds is 1. The molecule has 24 heavy (non-hydrogen) atoms. The van der Waals surface area contributed by atoms with E-state index in [1.54, 1.807) is 0 Å². The van der Waals surface area contributed by atoms with Crippen LogP contribution in [0.25, 0.3) is 0 Å². The molecule has 0 atom stereocenters. The van der Waals surface area contributed by atoms with Gasteiger partial charge in [0.2, 0.25) is 0 Å². The van der Waals surface area contributed by atoms with E-state index in [2.05, 4.69) is 24.3 Å². The van der Waals surface area contributed by atoms with Crippen LogP contribution in [-0.2, 0) is 24.3 Å². The summed E-state index contributed by atoms with van der Waals surface area (Å²) in [7, 11) is 0. The van der Waals surface area contributed by atoms with Crippen molar-refractivity contribution in [3.05, 3.63) is 36.1 Å². The van der Waals surface area contributed by atoms with E-state index in [0.717, 1.165) is 6.08 Å². The molecule has 0 saturated carbocycles. The first-order chi connectivity index (χ1) is 11.1. The van der Waals surface area contributed by atoms with Gasteiger partial charge in [0.15, 0.2) is 5.78 Å². The van der Waals surface area contributed by atoms with Gasteiger partial charge >= 0.3 is 0 Å². The zero-order chi connectivity index (χ0) is 17.2. The summed E-state index contributed by atoms with van der Waals surface area (Å²) in [4.78, 5) is 9.98. The van der Waals surface area contributed by atoms with E-state index in [1.807, 2.05) is 0 Å². The number of allylic oxidation sites excluding steroid dienone is 6. The number of hydrogen-bond acceptors (Lipinski definition) is 2. The molecule has 2 aliphatic rings. The topological polar surface area (TPSA) is 40.1 Å². The van der Waals surface area contributed by atoms with Crippen molar-refractivity contribution in [1.29, 1.82) is 0 Å². The van der Waals surface area contributed by atoms with Gasteiger partial charge in [0.1, 0.15) is 0 Å². The third-order valence-corrected chi connectivity index (χ3v) is 3.72. The van der Waals surface area contributed by atoms with Gasteiger partial charge in [-0.1, -0.05) is 56.9 Å². The second-order valence-corrected chi connectivity index (χ2v) is 6.29. The minimum atomic E-state index is -0.187. The van der Waals surface area contributed by atoms with Crippen LogP contribution in [0.4, 0.5) is 0 Å². The molecule has 3 heteroatoms. The predicted molar refractivity (Wildman–Crippen MR) is 98.1 cm³/mol. The van der Waals surface area contributed by atoms with Crippen molar-refractivity contribution < 1.29 is 29.4 Å². The first kappa shape index (κ1) is 25.6. The molecule has 0 saturated heterocycles. The summed E-state index contributed by atoms with van der Waals surface area (Å²) in [5.41, 5.74) is 0. The van der Waals surface area contributed by atoms with E-state index in [-0.39, 0.29) is 31.0 Å². The molecule has 0 fully saturated rings. The first-order valence-corrected chi connectivity index (χ1v) is 9.29. The molecule has 2 aliphatic carbocycles. The van der Waals surface area contributed by atoms with Crippen molar-refractivity contribution in [2.45, 2.75) is 90.9 Å². The second kappa shape index (κ2) is 20.4. The smallest absolute Gasteiger partial charge is 0.151 e. The van der Waals surface area contributed by atoms with Gasteiger partial charge in [-0.2, -0.15) is 0 Å². The predicted octanol–water partition coefficient (Wildman–Crippen LogP) is 5.63. The molecule has 0 unspecified atom stereocenters. The van der Waals surface area contributed by atoms with Crippen LogP contribution < -0.4 is 5.11 Å². The Morgan fingerprint density at radius 3 is 1.17 bits per heavy atom. The van der Waals surface area contributed by atoms with Gasteiger partial charge in [0.25, 0.3) is 0 Å². The van der Waals surface area contributed by atoms with E-state index in [1.165, 1.54) is 90.9 Å². The number of carbonyl (C=O) groups is 1. The van der Waals surface area contributed by atoms with Gasteiger partial charge in [-0.05, 0) is 64.4 Å². The van der Waals surface area contributed by atoms with Crippen LogP contribution in [-0.4, -0.2) is 5.78 Å². The van der Waals surface area contributed by atoms with Crippen molar-refractivity contribution >= 4 is 5.78 Å². The molecule has 141 valence electrons. The van der Waals surface area contributed by atoms with Crippen molar-refractivity contribution in [2.75, 3.05) is 0 Å². The second-order valence-electron chi connectivity index (χ2n) is 6.29. The molecule has 1 radical (unpaired) electrons. The molecule has 0 bridgehead atoms. The Hall–Kier alpha value is -0.687. The Morgan fingerprint density at radius 1 is 0.708 bits per heavy atom. The minimum absolute atomic E-state index is 0. The van der Waals surface area contributed by atoms with Crippen molar-refractivity contribution in [3.63, 3.8) is 0 Å². The zero-order valence-corrected chi connectivity index (χ0v) is 17.2. The molecular weight excluding hydrogens is 387 g/mol. The quantitative estimate of drug-likeness (QED) is 0.238. The molecule has 0 aromatic carbocycles. The van der Waals surface area contributed by atoms with Crippen molar-refractivity contribution in [3.8, 4) is 0 Å². The standard InChI is InChI=1S/2C8H14.C5H8O2.Rh/c2*1-2-4-6-8-7-5-3-1;1-4(6)3-5(2)7;/h2*1-2H,3-8H2;3,6H,1-2H3;/p-1/b;;4-3-;. The number of carbonyl (C=O) groups excluding carboxylic acids is 1. The van der Waals surface area contributed by atoms with Gasteiger partial charge in [0.05, 0.1) is 0 Å². The molecule has 0 amide bonds. The Labute approximate surface area is 162 Å². The van der Waals surface area contributed by atoms with Crippen molar-refractivity contribution in [1.82, 2.24) is 0 Å². The normalized spacial score (nSPS) is 18.0. The Balaban J connectivity index is 0. The van der Waals surface area contributed by atoms with E-state index in [4.69, 9.17) is 0 Å². The van der Waals surface area contributed by atoms with Crippen molar-refractivity contribution in [2.24, 2.45) is 0 Å². The van der Waals surface area contributed by atoms with Gasteiger partial charge < -0.3 is 5.11 Å². The summed E-state index contributed by atoms with van der Waals surface area (Å²) in [5.74, 6) is -0.375. The SMILES string of the molecule is C1=CCCCCCC1.C1=CCCCCCC1.CC(=O)/C=C(/C)[O-].[Rh]. The molecule has 0 aromatic heterocycles. The van der Waals surface area contributed by atoms with Crippen LogP contribution in [0.5, 0.6) is 0 Å². The maximum Gasteiger partial charge on any atom is 0.151 e. The summed E-state index contributed by atoms with van der Waals surface area (Å²) in [5, 5.41) is 9.98. The summed E-state index contributed by atoms with van der Waals surface area (Å²) < 4.78 is 0.